The predicted octanol–water partition coefficient (Wildman–Crippen LogP) is 4.28. The molecule has 0 radical (unpaired) electrons. The summed E-state index contributed by atoms with van der Waals surface area (Å²) in [4.78, 5) is 24.5. The molecule has 1 amide bonds. The van der Waals surface area contributed by atoms with Crippen molar-refractivity contribution in [2.45, 2.75) is 6.92 Å². The number of nitrogens with zero attached hydrogens (tertiary/aromatic N) is 1. The minimum atomic E-state index is -0.574. The second-order valence-electron chi connectivity index (χ2n) is 4.79. The van der Waals surface area contributed by atoms with Crippen LogP contribution in [0.25, 0.3) is 0 Å². The monoisotopic (exact) mass is 398 g/mol. The van der Waals surface area contributed by atoms with E-state index in [-0.39, 0.29) is 36.8 Å². The van der Waals surface area contributed by atoms with E-state index in [2.05, 4.69) is 10.1 Å². The average molecular weight is 399 g/mol. The molecule has 1 aromatic heterocycles. The number of nitriles is 1. The van der Waals surface area contributed by atoms with Gasteiger partial charge in [0, 0.05) is 5.56 Å². The Labute approximate surface area is 157 Å². The smallest absolute Gasteiger partial charge is 0.348 e. The van der Waals surface area contributed by atoms with Crippen molar-refractivity contribution in [3.8, 4) is 11.8 Å². The number of rotatable bonds is 4. The molecule has 2 rings (SSSR count). The van der Waals surface area contributed by atoms with Crippen molar-refractivity contribution >= 4 is 51.4 Å². The van der Waals surface area contributed by atoms with E-state index in [0.29, 0.717) is 5.56 Å². The number of carbonyl (C=O) groups is 2. The summed E-state index contributed by atoms with van der Waals surface area (Å²) in [7, 11) is 2.65. The van der Waals surface area contributed by atoms with E-state index in [1.807, 2.05) is 6.07 Å². The molecular weight excluding hydrogens is 387 g/mol. The number of methoxy groups -OCH3 is 2. The Hall–Kier alpha value is -2.27. The number of esters is 1. The summed E-state index contributed by atoms with van der Waals surface area (Å²) in [5, 5.41) is 12.5. The van der Waals surface area contributed by atoms with Gasteiger partial charge in [0.2, 0.25) is 0 Å². The Kier molecular flexibility index (Phi) is 5.90. The Morgan fingerprint density at radius 1 is 1.24 bits per heavy atom. The Morgan fingerprint density at radius 2 is 1.84 bits per heavy atom. The van der Waals surface area contributed by atoms with Crippen molar-refractivity contribution < 1.29 is 19.1 Å². The molecule has 130 valence electrons. The first-order valence-corrected chi connectivity index (χ1v) is 8.37. The number of ether oxygens (including phenoxy) is 2. The van der Waals surface area contributed by atoms with Gasteiger partial charge in [-0.25, -0.2) is 4.79 Å². The quantitative estimate of drug-likeness (QED) is 0.776. The Balaban J connectivity index is 2.39. The SMILES string of the molecule is COC(=O)c1sc(NC(=O)c2cc(Cl)c(OC)c(Cl)c2)c(C#N)c1C. The van der Waals surface area contributed by atoms with E-state index in [9.17, 15) is 14.9 Å². The molecule has 0 aliphatic heterocycles. The fourth-order valence-electron chi connectivity index (χ4n) is 2.08. The van der Waals surface area contributed by atoms with E-state index < -0.39 is 11.9 Å². The summed E-state index contributed by atoms with van der Waals surface area (Å²) in [6.45, 7) is 1.61. The average Bonchev–Trinajstić information content (AvgIpc) is 2.89. The van der Waals surface area contributed by atoms with Crippen molar-refractivity contribution in [3.63, 3.8) is 0 Å². The molecule has 1 heterocycles. The lowest BCUT2D eigenvalue weighted by molar-refractivity contribution is 0.0605. The molecule has 1 aromatic carbocycles. The number of hydrogen-bond donors (Lipinski definition) is 1. The topological polar surface area (TPSA) is 88.4 Å². The first kappa shape index (κ1) is 19.1. The maximum absolute atomic E-state index is 12.5. The molecular formula is C16H12Cl2N2O4S. The zero-order valence-corrected chi connectivity index (χ0v) is 15.7. The molecule has 0 saturated heterocycles. The third-order valence-electron chi connectivity index (χ3n) is 3.32. The van der Waals surface area contributed by atoms with Crippen LogP contribution in [0.3, 0.4) is 0 Å². The van der Waals surface area contributed by atoms with E-state index in [4.69, 9.17) is 27.9 Å². The minimum Gasteiger partial charge on any atom is -0.494 e. The van der Waals surface area contributed by atoms with Crippen LogP contribution in [0.15, 0.2) is 12.1 Å². The summed E-state index contributed by atoms with van der Waals surface area (Å²) in [6, 6.07) is 4.77. The summed E-state index contributed by atoms with van der Waals surface area (Å²) in [5.74, 6) is -0.840. The maximum atomic E-state index is 12.5. The van der Waals surface area contributed by atoms with Gasteiger partial charge >= 0.3 is 5.97 Å². The van der Waals surface area contributed by atoms with Gasteiger partial charge in [0.1, 0.15) is 15.9 Å². The number of amides is 1. The van der Waals surface area contributed by atoms with Gasteiger partial charge in [0.25, 0.3) is 5.91 Å². The largest absolute Gasteiger partial charge is 0.494 e. The van der Waals surface area contributed by atoms with Crippen molar-refractivity contribution in [3.05, 3.63) is 43.7 Å². The highest BCUT2D eigenvalue weighted by atomic mass is 35.5. The van der Waals surface area contributed by atoms with Gasteiger partial charge in [-0.05, 0) is 24.6 Å². The van der Waals surface area contributed by atoms with E-state index in [1.165, 1.54) is 26.4 Å². The van der Waals surface area contributed by atoms with E-state index in [1.54, 1.807) is 6.92 Å². The number of halogens is 2. The highest BCUT2D eigenvalue weighted by Crippen LogP contribution is 2.36. The molecule has 0 fully saturated rings. The Morgan fingerprint density at radius 3 is 2.32 bits per heavy atom. The van der Waals surface area contributed by atoms with E-state index >= 15 is 0 Å². The molecule has 6 nitrogen and oxygen atoms in total. The number of anilines is 1. The van der Waals surface area contributed by atoms with Gasteiger partial charge < -0.3 is 14.8 Å². The van der Waals surface area contributed by atoms with Gasteiger partial charge in [-0.2, -0.15) is 5.26 Å². The summed E-state index contributed by atoms with van der Waals surface area (Å²) in [5.41, 5.74) is 0.829. The van der Waals surface area contributed by atoms with Crippen LogP contribution in [-0.4, -0.2) is 26.1 Å². The van der Waals surface area contributed by atoms with Crippen molar-refractivity contribution in [1.82, 2.24) is 0 Å². The highest BCUT2D eigenvalue weighted by Gasteiger charge is 2.22. The molecule has 0 aliphatic carbocycles. The molecule has 1 N–H and O–H groups in total. The van der Waals surface area contributed by atoms with Gasteiger partial charge in [-0.3, -0.25) is 4.79 Å². The third-order valence-corrected chi connectivity index (χ3v) is 5.07. The van der Waals surface area contributed by atoms with E-state index in [0.717, 1.165) is 11.3 Å². The van der Waals surface area contributed by atoms with Gasteiger partial charge in [0.05, 0.1) is 29.8 Å². The fourth-order valence-corrected chi connectivity index (χ4v) is 3.80. The van der Waals surface area contributed by atoms with Crippen molar-refractivity contribution in [2.75, 3.05) is 19.5 Å². The van der Waals surface area contributed by atoms with Crippen LogP contribution in [0.5, 0.6) is 5.75 Å². The Bertz CT molecular complexity index is 879. The van der Waals surface area contributed by atoms with Crippen LogP contribution >= 0.6 is 34.5 Å². The number of thiophene rings is 1. The second-order valence-corrected chi connectivity index (χ2v) is 6.63. The predicted molar refractivity (Wildman–Crippen MR) is 96.1 cm³/mol. The van der Waals surface area contributed by atoms with Crippen LogP contribution in [0.4, 0.5) is 5.00 Å². The van der Waals surface area contributed by atoms with Crippen LogP contribution in [0.1, 0.15) is 31.2 Å². The lowest BCUT2D eigenvalue weighted by Gasteiger charge is -2.09. The molecule has 9 heteroatoms. The molecule has 0 bridgehead atoms. The number of hydrogen-bond acceptors (Lipinski definition) is 6. The third kappa shape index (κ3) is 3.71. The summed E-state index contributed by atoms with van der Waals surface area (Å²) >= 11 is 13.0. The second kappa shape index (κ2) is 7.74. The standard InChI is InChI=1S/C16H12Cl2N2O4S/c1-7-9(6-19)15(25-13(7)16(22)24-3)20-14(21)8-4-10(17)12(23-2)11(18)5-8/h4-5H,1-3H3,(H,20,21). The maximum Gasteiger partial charge on any atom is 0.348 e. The fraction of sp³-hybridized carbons (Fsp3) is 0.188. The zero-order chi connectivity index (χ0) is 18.7. The lowest BCUT2D eigenvalue weighted by atomic mass is 10.1. The molecule has 0 atom stereocenters. The molecule has 25 heavy (non-hydrogen) atoms. The van der Waals surface area contributed by atoms with Crippen LogP contribution in [0.2, 0.25) is 10.0 Å². The first-order valence-electron chi connectivity index (χ1n) is 6.80. The highest BCUT2D eigenvalue weighted by molar-refractivity contribution is 7.18. The van der Waals surface area contributed by atoms with Gasteiger partial charge in [0.15, 0.2) is 5.75 Å². The van der Waals surface area contributed by atoms with Crippen LogP contribution in [-0.2, 0) is 4.74 Å². The molecule has 0 saturated carbocycles. The summed E-state index contributed by atoms with van der Waals surface area (Å²) < 4.78 is 9.71. The normalized spacial score (nSPS) is 10.1. The zero-order valence-electron chi connectivity index (χ0n) is 13.4. The molecule has 0 spiro atoms. The van der Waals surface area contributed by atoms with Crippen LogP contribution < -0.4 is 10.1 Å². The molecule has 0 aliphatic rings. The minimum absolute atomic E-state index is 0.179. The lowest BCUT2D eigenvalue weighted by Crippen LogP contribution is -2.12. The van der Waals surface area contributed by atoms with Crippen molar-refractivity contribution in [2.24, 2.45) is 0 Å². The first-order chi connectivity index (χ1) is 11.8. The van der Waals surface area contributed by atoms with Crippen LogP contribution in [0, 0.1) is 18.3 Å². The number of nitrogens with one attached hydrogen (secondary N) is 1. The number of benzene rings is 1. The van der Waals surface area contributed by atoms with Crippen molar-refractivity contribution in [1.29, 1.82) is 5.26 Å². The van der Waals surface area contributed by atoms with Gasteiger partial charge in [-0.1, -0.05) is 23.2 Å². The number of carbonyl (C=O) groups excluding carboxylic acids is 2. The van der Waals surface area contributed by atoms with Gasteiger partial charge in [-0.15, -0.1) is 11.3 Å². The summed E-state index contributed by atoms with van der Waals surface area (Å²) in [6.07, 6.45) is 0. The molecule has 2 aromatic rings. The molecule has 0 unspecified atom stereocenters.